The molecule has 0 heterocycles. The summed E-state index contributed by atoms with van der Waals surface area (Å²) in [6.07, 6.45) is 18.8. The van der Waals surface area contributed by atoms with Crippen molar-refractivity contribution in [3.8, 4) is 0 Å². The highest BCUT2D eigenvalue weighted by atomic mass is 16.5. The molecule has 1 saturated carbocycles. The quantitative estimate of drug-likeness (QED) is 0.317. The Balaban J connectivity index is 1.71. The molecule has 1 N–H and O–H groups in total. The van der Waals surface area contributed by atoms with Gasteiger partial charge in [0, 0.05) is 12.3 Å². The zero-order valence-electron chi connectivity index (χ0n) is 16.1. The first-order chi connectivity index (χ1) is 12.2. The highest BCUT2D eigenvalue weighted by Crippen LogP contribution is 2.48. The van der Waals surface area contributed by atoms with Gasteiger partial charge >= 0.3 is 5.97 Å². The van der Waals surface area contributed by atoms with Crippen LogP contribution in [0.5, 0.6) is 0 Å². The van der Waals surface area contributed by atoms with Crippen molar-refractivity contribution in [2.45, 2.75) is 83.7 Å². The summed E-state index contributed by atoms with van der Waals surface area (Å²) in [5, 5.41) is 10.4. The molecular formula is C22H36O3. The van der Waals surface area contributed by atoms with Gasteiger partial charge in [0.05, 0.1) is 13.2 Å². The molecule has 0 aromatic heterocycles. The van der Waals surface area contributed by atoms with E-state index < -0.39 is 0 Å². The number of methoxy groups -OCH3 is 1. The molecule has 2 rings (SSSR count). The molecule has 25 heavy (non-hydrogen) atoms. The van der Waals surface area contributed by atoms with Crippen molar-refractivity contribution in [2.75, 3.05) is 7.11 Å². The fourth-order valence-electron chi connectivity index (χ4n) is 4.46. The van der Waals surface area contributed by atoms with Crippen molar-refractivity contribution < 1.29 is 14.6 Å². The first-order valence-electron chi connectivity index (χ1n) is 10.3. The summed E-state index contributed by atoms with van der Waals surface area (Å²) in [5.41, 5.74) is 1.54. The SMILES string of the molecule is CCCCCC/C=C/[C@@H]1[C@H]2CC(CCCCC(=O)OC)=C[C@H]2C[C@H]1O. The maximum absolute atomic E-state index is 11.2. The van der Waals surface area contributed by atoms with Crippen molar-refractivity contribution in [2.24, 2.45) is 17.8 Å². The van der Waals surface area contributed by atoms with Crippen molar-refractivity contribution >= 4 is 5.97 Å². The summed E-state index contributed by atoms with van der Waals surface area (Å²) in [5.74, 6) is 1.38. The number of allylic oxidation sites excluding steroid dienone is 3. The molecule has 1 fully saturated rings. The molecule has 2 aliphatic rings. The molecule has 2 aliphatic carbocycles. The molecule has 0 aromatic rings. The van der Waals surface area contributed by atoms with Gasteiger partial charge in [-0.25, -0.2) is 0 Å². The number of ether oxygens (including phenoxy) is 1. The van der Waals surface area contributed by atoms with Crippen LogP contribution >= 0.6 is 0 Å². The first kappa shape index (κ1) is 20.2. The minimum absolute atomic E-state index is 0.107. The van der Waals surface area contributed by atoms with Crippen LogP contribution in [0.2, 0.25) is 0 Å². The Morgan fingerprint density at radius 1 is 1.28 bits per heavy atom. The van der Waals surface area contributed by atoms with E-state index in [0.29, 0.717) is 24.2 Å². The van der Waals surface area contributed by atoms with Gasteiger partial charge in [0.15, 0.2) is 0 Å². The molecule has 0 aromatic carbocycles. The molecule has 0 saturated heterocycles. The minimum atomic E-state index is -0.168. The van der Waals surface area contributed by atoms with Gasteiger partial charge in [-0.1, -0.05) is 50.0 Å². The monoisotopic (exact) mass is 348 g/mol. The van der Waals surface area contributed by atoms with Gasteiger partial charge in [-0.3, -0.25) is 4.79 Å². The van der Waals surface area contributed by atoms with E-state index in [4.69, 9.17) is 0 Å². The van der Waals surface area contributed by atoms with Crippen molar-refractivity contribution in [1.82, 2.24) is 0 Å². The van der Waals surface area contributed by atoms with Gasteiger partial charge < -0.3 is 9.84 Å². The number of carbonyl (C=O) groups is 1. The Labute approximate surface area is 153 Å². The molecule has 0 unspecified atom stereocenters. The second kappa shape index (κ2) is 10.8. The van der Waals surface area contributed by atoms with Crippen LogP contribution in [0.15, 0.2) is 23.8 Å². The Morgan fingerprint density at radius 2 is 2.12 bits per heavy atom. The molecule has 3 heteroatoms. The van der Waals surface area contributed by atoms with Crippen LogP contribution in [0.4, 0.5) is 0 Å². The standard InChI is InChI=1S/C22H36O3/c1-3-4-5-6-7-8-12-19-20-15-17(14-18(20)16-21(19)23)11-9-10-13-22(24)25-2/h8,12,14,18-21,23H,3-7,9-11,13,15-16H2,1-2H3/b12-8+/t18-,19+,20-,21+/m0/s1. The molecule has 0 spiro atoms. The van der Waals surface area contributed by atoms with E-state index in [1.165, 1.54) is 38.4 Å². The fourth-order valence-corrected chi connectivity index (χ4v) is 4.46. The van der Waals surface area contributed by atoms with Crippen LogP contribution in [0.3, 0.4) is 0 Å². The number of fused-ring (bicyclic) bond motifs is 1. The lowest BCUT2D eigenvalue weighted by atomic mass is 9.88. The van der Waals surface area contributed by atoms with E-state index in [2.05, 4.69) is 29.9 Å². The predicted molar refractivity (Wildman–Crippen MR) is 102 cm³/mol. The average molecular weight is 349 g/mol. The minimum Gasteiger partial charge on any atom is -0.469 e. The van der Waals surface area contributed by atoms with Gasteiger partial charge in [-0.2, -0.15) is 0 Å². The van der Waals surface area contributed by atoms with E-state index >= 15 is 0 Å². The van der Waals surface area contributed by atoms with Gasteiger partial charge in [-0.05, 0) is 56.8 Å². The smallest absolute Gasteiger partial charge is 0.305 e. The fraction of sp³-hybridized carbons (Fsp3) is 0.773. The number of aliphatic hydroxyl groups excluding tert-OH is 1. The maximum Gasteiger partial charge on any atom is 0.305 e. The maximum atomic E-state index is 11.2. The number of aliphatic hydroxyl groups is 1. The normalized spacial score (nSPS) is 28.4. The lowest BCUT2D eigenvalue weighted by Crippen LogP contribution is -2.17. The van der Waals surface area contributed by atoms with Crippen LogP contribution in [-0.2, 0) is 9.53 Å². The zero-order valence-corrected chi connectivity index (χ0v) is 16.1. The van der Waals surface area contributed by atoms with Gasteiger partial charge in [-0.15, -0.1) is 0 Å². The Bertz CT molecular complexity index is 466. The Morgan fingerprint density at radius 3 is 2.88 bits per heavy atom. The molecule has 4 atom stereocenters. The number of rotatable bonds is 11. The summed E-state index contributed by atoms with van der Waals surface area (Å²) >= 11 is 0. The highest BCUT2D eigenvalue weighted by Gasteiger charge is 2.42. The van der Waals surface area contributed by atoms with Crippen molar-refractivity contribution in [3.63, 3.8) is 0 Å². The molecule has 0 radical (unpaired) electrons. The predicted octanol–water partition coefficient (Wildman–Crippen LogP) is 5.19. The van der Waals surface area contributed by atoms with Gasteiger partial charge in [0.2, 0.25) is 0 Å². The zero-order chi connectivity index (χ0) is 18.1. The Kier molecular flexibility index (Phi) is 8.74. The summed E-state index contributed by atoms with van der Waals surface area (Å²) in [6.45, 7) is 2.24. The van der Waals surface area contributed by atoms with Crippen molar-refractivity contribution in [1.29, 1.82) is 0 Å². The van der Waals surface area contributed by atoms with E-state index in [-0.39, 0.29) is 12.1 Å². The average Bonchev–Trinajstić information content (AvgIpc) is 3.11. The third-order valence-corrected chi connectivity index (χ3v) is 5.89. The number of hydrogen-bond acceptors (Lipinski definition) is 3. The van der Waals surface area contributed by atoms with Gasteiger partial charge in [0.1, 0.15) is 0 Å². The van der Waals surface area contributed by atoms with E-state index in [0.717, 1.165) is 38.5 Å². The van der Waals surface area contributed by atoms with Crippen LogP contribution in [-0.4, -0.2) is 24.3 Å². The van der Waals surface area contributed by atoms with Crippen LogP contribution < -0.4 is 0 Å². The topological polar surface area (TPSA) is 46.5 Å². The molecule has 0 amide bonds. The lowest BCUT2D eigenvalue weighted by Gasteiger charge is -2.18. The van der Waals surface area contributed by atoms with Gasteiger partial charge in [0.25, 0.3) is 0 Å². The number of esters is 1. The molecule has 142 valence electrons. The highest BCUT2D eigenvalue weighted by molar-refractivity contribution is 5.68. The van der Waals surface area contributed by atoms with Crippen LogP contribution in [0.25, 0.3) is 0 Å². The van der Waals surface area contributed by atoms with E-state index in [1.54, 1.807) is 0 Å². The summed E-state index contributed by atoms with van der Waals surface area (Å²) in [7, 11) is 1.45. The number of unbranched alkanes of at least 4 members (excludes halogenated alkanes) is 5. The summed E-state index contributed by atoms with van der Waals surface area (Å²) in [6, 6.07) is 0. The number of hydrogen-bond donors (Lipinski definition) is 1. The molecule has 0 aliphatic heterocycles. The van der Waals surface area contributed by atoms with E-state index in [1.807, 2.05) is 0 Å². The third kappa shape index (κ3) is 6.29. The molecule has 0 bridgehead atoms. The second-order valence-electron chi connectivity index (χ2n) is 7.80. The molecular weight excluding hydrogens is 312 g/mol. The Hall–Kier alpha value is -1.09. The lowest BCUT2D eigenvalue weighted by molar-refractivity contribution is -0.140. The van der Waals surface area contributed by atoms with E-state index in [9.17, 15) is 9.90 Å². The van der Waals surface area contributed by atoms with Crippen LogP contribution in [0.1, 0.15) is 77.6 Å². The third-order valence-electron chi connectivity index (χ3n) is 5.89. The number of carbonyl (C=O) groups excluding carboxylic acids is 1. The largest absolute Gasteiger partial charge is 0.469 e. The first-order valence-corrected chi connectivity index (χ1v) is 10.3. The summed E-state index contributed by atoms with van der Waals surface area (Å²) < 4.78 is 4.69. The summed E-state index contributed by atoms with van der Waals surface area (Å²) in [4.78, 5) is 11.2. The van der Waals surface area contributed by atoms with Crippen molar-refractivity contribution in [3.05, 3.63) is 23.8 Å². The molecule has 3 nitrogen and oxygen atoms in total. The van der Waals surface area contributed by atoms with Crippen LogP contribution in [0, 0.1) is 17.8 Å². The second-order valence-corrected chi connectivity index (χ2v) is 7.80.